The summed E-state index contributed by atoms with van der Waals surface area (Å²) in [4.78, 5) is 0. The molecule has 1 aromatic heterocycles. The summed E-state index contributed by atoms with van der Waals surface area (Å²) in [6.45, 7) is 4.64. The molecular weight excluding hydrogens is 238 g/mol. The molecule has 1 heterocycles. The molecule has 0 saturated carbocycles. The second-order valence-corrected chi connectivity index (χ2v) is 4.29. The molecule has 96 valence electrons. The number of halogens is 2. The van der Waals surface area contributed by atoms with E-state index in [1.165, 1.54) is 10.7 Å². The van der Waals surface area contributed by atoms with Crippen LogP contribution in [0.2, 0.25) is 0 Å². The minimum Gasteiger partial charge on any atom is -0.309 e. The Hall–Kier alpha value is -1.82. The molecule has 1 N–H and O–H groups in total. The maximum Gasteiger partial charge on any atom is 0.160 e. The summed E-state index contributed by atoms with van der Waals surface area (Å²) in [5.41, 5.74) is 1.19. The van der Waals surface area contributed by atoms with Crippen molar-refractivity contribution in [2.75, 3.05) is 0 Å². The van der Waals surface area contributed by atoms with Gasteiger partial charge in [0, 0.05) is 18.7 Å². The second kappa shape index (κ2) is 5.22. The van der Waals surface area contributed by atoms with Gasteiger partial charge < -0.3 is 5.32 Å². The molecule has 0 bridgehead atoms. The summed E-state index contributed by atoms with van der Waals surface area (Å²) in [6, 6.07) is 3.95. The van der Waals surface area contributed by atoms with Gasteiger partial charge in [-0.3, -0.25) is 0 Å². The highest BCUT2D eigenvalue weighted by Crippen LogP contribution is 2.12. The third-order valence-corrected chi connectivity index (χ3v) is 2.40. The molecule has 0 aliphatic rings. The Labute approximate surface area is 104 Å². The lowest BCUT2D eigenvalue weighted by Gasteiger charge is -2.04. The number of rotatable bonds is 4. The topological polar surface area (TPSA) is 42.7 Å². The molecule has 18 heavy (non-hydrogen) atoms. The lowest BCUT2D eigenvalue weighted by molar-refractivity contribution is 0.507. The highest BCUT2D eigenvalue weighted by Gasteiger charge is 2.07. The first-order valence-corrected chi connectivity index (χ1v) is 5.66. The Morgan fingerprint density at radius 1 is 1.28 bits per heavy atom. The molecule has 0 fully saturated rings. The van der Waals surface area contributed by atoms with Crippen LogP contribution in [0.5, 0.6) is 0 Å². The Bertz CT molecular complexity index is 537. The molecule has 6 heteroatoms. The molecule has 4 nitrogen and oxygen atoms in total. The third-order valence-electron chi connectivity index (χ3n) is 2.40. The fourth-order valence-electron chi connectivity index (χ4n) is 1.44. The van der Waals surface area contributed by atoms with Crippen LogP contribution in [0.4, 0.5) is 8.78 Å². The quantitative estimate of drug-likeness (QED) is 0.905. The highest BCUT2D eigenvalue weighted by molar-refractivity contribution is 5.31. The smallest absolute Gasteiger partial charge is 0.160 e. The van der Waals surface area contributed by atoms with Gasteiger partial charge in [-0.1, -0.05) is 19.1 Å². The molecule has 0 aliphatic carbocycles. The van der Waals surface area contributed by atoms with Crippen LogP contribution < -0.4 is 5.32 Å². The SMILES string of the molecule is CC(C)NCc1cn(-c2ccc(F)c(F)c2)nn1. The number of hydrogen-bond acceptors (Lipinski definition) is 3. The zero-order chi connectivity index (χ0) is 13.1. The molecule has 0 radical (unpaired) electrons. The summed E-state index contributed by atoms with van der Waals surface area (Å²) in [6.07, 6.45) is 1.68. The van der Waals surface area contributed by atoms with Crippen molar-refractivity contribution in [3.8, 4) is 5.69 Å². The van der Waals surface area contributed by atoms with E-state index in [-0.39, 0.29) is 0 Å². The van der Waals surface area contributed by atoms with E-state index in [0.29, 0.717) is 18.3 Å². The van der Waals surface area contributed by atoms with Crippen LogP contribution in [0, 0.1) is 11.6 Å². The number of benzene rings is 1. The maximum atomic E-state index is 13.1. The van der Waals surface area contributed by atoms with E-state index in [1.54, 1.807) is 6.20 Å². The number of hydrogen-bond donors (Lipinski definition) is 1. The van der Waals surface area contributed by atoms with Crippen LogP contribution in [-0.4, -0.2) is 21.0 Å². The lowest BCUT2D eigenvalue weighted by Crippen LogP contribution is -2.21. The minimum atomic E-state index is -0.898. The van der Waals surface area contributed by atoms with E-state index in [4.69, 9.17) is 0 Å². The van der Waals surface area contributed by atoms with Crippen molar-refractivity contribution in [1.82, 2.24) is 20.3 Å². The van der Waals surface area contributed by atoms with Crippen molar-refractivity contribution >= 4 is 0 Å². The van der Waals surface area contributed by atoms with Gasteiger partial charge in [0.05, 0.1) is 17.6 Å². The van der Waals surface area contributed by atoms with E-state index in [2.05, 4.69) is 15.6 Å². The summed E-state index contributed by atoms with van der Waals surface area (Å²) in [7, 11) is 0. The Balaban J connectivity index is 2.16. The van der Waals surface area contributed by atoms with Gasteiger partial charge in [0.15, 0.2) is 11.6 Å². The van der Waals surface area contributed by atoms with Crippen molar-refractivity contribution in [3.05, 3.63) is 41.7 Å². The van der Waals surface area contributed by atoms with Gasteiger partial charge in [0.1, 0.15) is 0 Å². The van der Waals surface area contributed by atoms with Crippen LogP contribution in [-0.2, 0) is 6.54 Å². The summed E-state index contributed by atoms with van der Waals surface area (Å²) in [5, 5.41) is 11.0. The van der Waals surface area contributed by atoms with Gasteiger partial charge >= 0.3 is 0 Å². The van der Waals surface area contributed by atoms with Crippen LogP contribution in [0.3, 0.4) is 0 Å². The molecule has 0 aliphatic heterocycles. The molecule has 2 aromatic rings. The van der Waals surface area contributed by atoms with Crippen molar-refractivity contribution < 1.29 is 8.78 Å². The number of aromatic nitrogens is 3. The van der Waals surface area contributed by atoms with Gasteiger partial charge in [-0.05, 0) is 12.1 Å². The largest absolute Gasteiger partial charge is 0.309 e. The Morgan fingerprint density at radius 3 is 2.72 bits per heavy atom. The normalized spacial score (nSPS) is 11.2. The maximum absolute atomic E-state index is 13.1. The predicted octanol–water partition coefficient (Wildman–Crippen LogP) is 2.04. The molecule has 0 saturated heterocycles. The van der Waals surface area contributed by atoms with Crippen molar-refractivity contribution in [2.24, 2.45) is 0 Å². The zero-order valence-electron chi connectivity index (χ0n) is 10.2. The van der Waals surface area contributed by atoms with Gasteiger partial charge in [0.25, 0.3) is 0 Å². The highest BCUT2D eigenvalue weighted by atomic mass is 19.2. The first-order chi connectivity index (χ1) is 8.56. The van der Waals surface area contributed by atoms with E-state index in [0.717, 1.165) is 17.8 Å². The van der Waals surface area contributed by atoms with E-state index < -0.39 is 11.6 Å². The van der Waals surface area contributed by atoms with Gasteiger partial charge in [-0.2, -0.15) is 0 Å². The van der Waals surface area contributed by atoms with E-state index in [9.17, 15) is 8.78 Å². The molecule has 0 unspecified atom stereocenters. The molecule has 2 rings (SSSR count). The van der Waals surface area contributed by atoms with Gasteiger partial charge in [-0.15, -0.1) is 5.10 Å². The molecule has 0 spiro atoms. The average Bonchev–Trinajstić information content (AvgIpc) is 2.79. The Kier molecular flexibility index (Phi) is 3.66. The molecule has 0 atom stereocenters. The minimum absolute atomic E-state index is 0.346. The van der Waals surface area contributed by atoms with Crippen LogP contribution in [0.1, 0.15) is 19.5 Å². The first kappa shape index (κ1) is 12.6. The molecule has 0 amide bonds. The monoisotopic (exact) mass is 252 g/mol. The first-order valence-electron chi connectivity index (χ1n) is 5.66. The Morgan fingerprint density at radius 2 is 2.06 bits per heavy atom. The average molecular weight is 252 g/mol. The zero-order valence-corrected chi connectivity index (χ0v) is 10.2. The van der Waals surface area contributed by atoms with Crippen molar-refractivity contribution in [3.63, 3.8) is 0 Å². The van der Waals surface area contributed by atoms with Gasteiger partial charge in [0.2, 0.25) is 0 Å². The fraction of sp³-hybridized carbons (Fsp3) is 0.333. The van der Waals surface area contributed by atoms with E-state index in [1.807, 2.05) is 13.8 Å². The summed E-state index contributed by atoms with van der Waals surface area (Å²) in [5.74, 6) is -1.77. The van der Waals surface area contributed by atoms with Crippen molar-refractivity contribution in [1.29, 1.82) is 0 Å². The van der Waals surface area contributed by atoms with Crippen LogP contribution in [0.15, 0.2) is 24.4 Å². The lowest BCUT2D eigenvalue weighted by atomic mass is 10.3. The summed E-state index contributed by atoms with van der Waals surface area (Å²) < 4.78 is 27.3. The number of nitrogens with zero attached hydrogens (tertiary/aromatic N) is 3. The molecular formula is C12H14F2N4. The number of nitrogens with one attached hydrogen (secondary N) is 1. The van der Waals surface area contributed by atoms with Crippen molar-refractivity contribution in [2.45, 2.75) is 26.4 Å². The van der Waals surface area contributed by atoms with Crippen LogP contribution in [0.25, 0.3) is 5.69 Å². The van der Waals surface area contributed by atoms with E-state index >= 15 is 0 Å². The fourth-order valence-corrected chi connectivity index (χ4v) is 1.44. The second-order valence-electron chi connectivity index (χ2n) is 4.29. The summed E-state index contributed by atoms with van der Waals surface area (Å²) >= 11 is 0. The van der Waals surface area contributed by atoms with Crippen LogP contribution >= 0.6 is 0 Å². The predicted molar refractivity (Wildman–Crippen MR) is 63.3 cm³/mol. The standard InChI is InChI=1S/C12H14F2N4/c1-8(2)15-6-9-7-18(17-16-9)10-3-4-11(13)12(14)5-10/h3-5,7-8,15H,6H2,1-2H3. The molecule has 1 aromatic carbocycles. The van der Waals surface area contributed by atoms with Gasteiger partial charge in [-0.25, -0.2) is 13.5 Å². The third kappa shape index (κ3) is 2.89.